The van der Waals surface area contributed by atoms with E-state index in [1.807, 2.05) is 0 Å². The smallest absolute Gasteiger partial charge is 0.306 e. The van der Waals surface area contributed by atoms with Crippen LogP contribution in [0.2, 0.25) is 0 Å². The van der Waals surface area contributed by atoms with Crippen molar-refractivity contribution in [2.45, 2.75) is 29.8 Å². The van der Waals surface area contributed by atoms with Gasteiger partial charge in [-0.1, -0.05) is 38.8 Å². The molecule has 4 unspecified atom stereocenters. The fraction of sp³-hybridized carbons (Fsp3) is 0.875. The van der Waals surface area contributed by atoms with E-state index in [0.717, 1.165) is 0 Å². The van der Waals surface area contributed by atoms with Gasteiger partial charge in [-0.2, -0.15) is 0 Å². The van der Waals surface area contributed by atoms with Crippen LogP contribution in [0.3, 0.4) is 0 Å². The quantitative estimate of drug-likeness (QED) is 0.644. The molecule has 0 aromatic rings. The number of hydrogen-bond donors (Lipinski definition) is 3. The maximum atomic E-state index is 10.8. The molecule has 6 heteroatoms. The van der Waals surface area contributed by atoms with E-state index in [2.05, 4.69) is 31.9 Å². The molecule has 0 aliphatic carbocycles. The topological polar surface area (TPSA) is 77.8 Å². The minimum absolute atomic E-state index is 0.135. The van der Waals surface area contributed by atoms with Gasteiger partial charge in [0.1, 0.15) is 10.0 Å². The number of alkyl halides is 2. The highest BCUT2D eigenvalue weighted by atomic mass is 79.9. The van der Waals surface area contributed by atoms with E-state index in [9.17, 15) is 4.79 Å². The number of hydrogen-bond acceptors (Lipinski definition) is 3. The van der Waals surface area contributed by atoms with Gasteiger partial charge in [0.15, 0.2) is 0 Å². The zero-order chi connectivity index (χ0) is 11.3. The lowest BCUT2D eigenvalue weighted by molar-refractivity contribution is -0.144. The maximum Gasteiger partial charge on any atom is 0.306 e. The number of carboxylic acids is 1. The molecule has 4 nitrogen and oxygen atoms in total. The Labute approximate surface area is 99.6 Å². The standard InChI is InChI=1S/C8H14Br2O4/c1-4(2-6(9)11)5(8(13)14)3-7(10)12/h4-7,11-12H,2-3H2,1H3,(H,13,14). The third kappa shape index (κ3) is 5.95. The molecule has 0 amide bonds. The van der Waals surface area contributed by atoms with Crippen LogP contribution in [0.15, 0.2) is 0 Å². The predicted molar refractivity (Wildman–Crippen MR) is 59.4 cm³/mol. The minimum Gasteiger partial charge on any atom is -0.481 e. The molecule has 84 valence electrons. The number of carboxylic acid groups (broad SMARTS) is 1. The van der Waals surface area contributed by atoms with E-state index in [1.54, 1.807) is 6.92 Å². The van der Waals surface area contributed by atoms with Gasteiger partial charge < -0.3 is 15.3 Å². The van der Waals surface area contributed by atoms with Crippen molar-refractivity contribution in [1.29, 1.82) is 0 Å². The lowest BCUT2D eigenvalue weighted by atomic mass is 9.89. The Bertz CT molecular complexity index is 184. The molecule has 3 N–H and O–H groups in total. The van der Waals surface area contributed by atoms with Crippen LogP contribution in [0.25, 0.3) is 0 Å². The fourth-order valence-corrected chi connectivity index (χ4v) is 2.25. The summed E-state index contributed by atoms with van der Waals surface area (Å²) < 4.78 is 0. The fourth-order valence-electron chi connectivity index (χ4n) is 1.26. The molecule has 0 saturated carbocycles. The molecule has 0 heterocycles. The van der Waals surface area contributed by atoms with Gasteiger partial charge in [0.05, 0.1) is 5.92 Å². The summed E-state index contributed by atoms with van der Waals surface area (Å²) in [7, 11) is 0. The van der Waals surface area contributed by atoms with Gasteiger partial charge in [0, 0.05) is 0 Å². The van der Waals surface area contributed by atoms with Crippen LogP contribution < -0.4 is 0 Å². The van der Waals surface area contributed by atoms with Crippen LogP contribution in [0.4, 0.5) is 0 Å². The average Bonchev–Trinajstić information content (AvgIpc) is 1.97. The second-order valence-electron chi connectivity index (χ2n) is 3.26. The molecule has 4 atom stereocenters. The largest absolute Gasteiger partial charge is 0.481 e. The van der Waals surface area contributed by atoms with E-state index in [-0.39, 0.29) is 12.3 Å². The molecule has 0 spiro atoms. The van der Waals surface area contributed by atoms with Gasteiger partial charge in [-0.15, -0.1) is 0 Å². The highest BCUT2D eigenvalue weighted by molar-refractivity contribution is 9.09. The van der Waals surface area contributed by atoms with E-state index in [4.69, 9.17) is 15.3 Å². The third-order valence-corrected chi connectivity index (χ3v) is 2.77. The summed E-state index contributed by atoms with van der Waals surface area (Å²) in [4.78, 5) is 10.8. The lowest BCUT2D eigenvalue weighted by Gasteiger charge is -2.21. The van der Waals surface area contributed by atoms with Crippen LogP contribution >= 0.6 is 31.9 Å². The lowest BCUT2D eigenvalue weighted by Crippen LogP contribution is -2.26. The number of halogens is 2. The third-order valence-electron chi connectivity index (χ3n) is 2.02. The molecule has 14 heavy (non-hydrogen) atoms. The Morgan fingerprint density at radius 1 is 1.21 bits per heavy atom. The van der Waals surface area contributed by atoms with Crippen molar-refractivity contribution in [3.05, 3.63) is 0 Å². The normalized spacial score (nSPS) is 19.8. The summed E-state index contributed by atoms with van der Waals surface area (Å²) in [6.07, 6.45) is 0.479. The van der Waals surface area contributed by atoms with E-state index >= 15 is 0 Å². The van der Waals surface area contributed by atoms with Gasteiger partial charge in [-0.3, -0.25) is 4.79 Å². The Kier molecular flexibility index (Phi) is 6.93. The summed E-state index contributed by atoms with van der Waals surface area (Å²) >= 11 is 5.84. The SMILES string of the molecule is CC(CC(O)Br)C(CC(O)Br)C(=O)O. The highest BCUT2D eigenvalue weighted by Crippen LogP contribution is 2.25. The molecule has 0 bridgehead atoms. The molecule has 0 radical (unpaired) electrons. The van der Waals surface area contributed by atoms with Crippen LogP contribution in [0.5, 0.6) is 0 Å². The van der Waals surface area contributed by atoms with Crippen molar-refractivity contribution in [2.24, 2.45) is 11.8 Å². The zero-order valence-corrected chi connectivity index (χ0v) is 10.9. The van der Waals surface area contributed by atoms with Crippen molar-refractivity contribution in [1.82, 2.24) is 0 Å². The van der Waals surface area contributed by atoms with E-state index < -0.39 is 21.9 Å². The number of aliphatic hydroxyl groups excluding tert-OH is 2. The summed E-state index contributed by atoms with van der Waals surface area (Å²) in [6.45, 7) is 1.73. The second kappa shape index (κ2) is 6.76. The van der Waals surface area contributed by atoms with Crippen molar-refractivity contribution in [3.63, 3.8) is 0 Å². The number of aliphatic hydroxyl groups is 2. The van der Waals surface area contributed by atoms with Crippen LogP contribution in [0.1, 0.15) is 19.8 Å². The first-order valence-electron chi connectivity index (χ1n) is 4.21. The van der Waals surface area contributed by atoms with Crippen molar-refractivity contribution in [3.8, 4) is 0 Å². The number of carbonyl (C=O) groups is 1. The van der Waals surface area contributed by atoms with Gasteiger partial charge in [0.2, 0.25) is 0 Å². The molecule has 0 aromatic carbocycles. The van der Waals surface area contributed by atoms with E-state index in [1.165, 1.54) is 0 Å². The molecule has 0 rings (SSSR count). The summed E-state index contributed by atoms with van der Waals surface area (Å²) in [5.74, 6) is -1.81. The Morgan fingerprint density at radius 2 is 1.64 bits per heavy atom. The number of rotatable bonds is 6. The first-order chi connectivity index (χ1) is 6.34. The Balaban J connectivity index is 4.26. The molecule has 0 saturated heterocycles. The van der Waals surface area contributed by atoms with Crippen molar-refractivity contribution >= 4 is 37.8 Å². The summed E-state index contributed by atoms with van der Waals surface area (Å²) in [5.41, 5.74) is 0. The van der Waals surface area contributed by atoms with Crippen LogP contribution in [-0.2, 0) is 4.79 Å². The highest BCUT2D eigenvalue weighted by Gasteiger charge is 2.27. The van der Waals surface area contributed by atoms with Gasteiger partial charge >= 0.3 is 5.97 Å². The molecule has 0 aliphatic rings. The molecule has 0 aliphatic heterocycles. The zero-order valence-electron chi connectivity index (χ0n) is 7.73. The van der Waals surface area contributed by atoms with E-state index in [0.29, 0.717) is 6.42 Å². The van der Waals surface area contributed by atoms with Crippen LogP contribution in [0, 0.1) is 11.8 Å². The molecular formula is C8H14Br2O4. The van der Waals surface area contributed by atoms with Gasteiger partial charge in [0.25, 0.3) is 0 Å². The van der Waals surface area contributed by atoms with Crippen molar-refractivity contribution < 1.29 is 20.1 Å². The Hall–Kier alpha value is 0.350. The molecule has 0 aromatic heterocycles. The molecule has 0 fully saturated rings. The Morgan fingerprint density at radius 3 is 1.93 bits per heavy atom. The number of aliphatic carboxylic acids is 1. The first kappa shape index (κ1) is 14.3. The first-order valence-corrected chi connectivity index (χ1v) is 6.04. The minimum atomic E-state index is -0.954. The van der Waals surface area contributed by atoms with Crippen molar-refractivity contribution in [2.75, 3.05) is 0 Å². The second-order valence-corrected chi connectivity index (χ2v) is 5.38. The summed E-state index contributed by atoms with van der Waals surface area (Å²) in [5, 5.41) is 25.4. The van der Waals surface area contributed by atoms with Gasteiger partial charge in [-0.25, -0.2) is 0 Å². The summed E-state index contributed by atoms with van der Waals surface area (Å²) in [6, 6.07) is 0. The van der Waals surface area contributed by atoms with Crippen LogP contribution in [-0.4, -0.2) is 31.3 Å². The molecular weight excluding hydrogens is 320 g/mol. The predicted octanol–water partition coefficient (Wildman–Crippen LogP) is 1.53. The monoisotopic (exact) mass is 332 g/mol. The average molecular weight is 334 g/mol. The maximum absolute atomic E-state index is 10.8. The van der Waals surface area contributed by atoms with Gasteiger partial charge in [-0.05, 0) is 18.8 Å².